The number of hydrogen-bond donors (Lipinski definition) is 11. The Bertz CT molecular complexity index is 1660. The number of hydrogen-bond acceptors (Lipinski definition) is 17. The van der Waals surface area contributed by atoms with Gasteiger partial charge in [-0.3, -0.25) is 0 Å². The predicted molar refractivity (Wildman–Crippen MR) is 157 cm³/mol. The first-order valence-electron chi connectivity index (χ1n) is 15.2. The minimum Gasteiger partial charge on any atom is -0.543 e. The standard InChI is InChI=1S/C30H34N2O19/c33-8-17-18(35)20(37)24(51-29-22(39)19(36)21(38)23(50-29)28(46)47)30(49-17)48-16-6-10-5-14(27(44)45)32(13(10)7-15(16)34)2-1-9-3-11(25(40)41)31-12(4-9)26(42)43/h1-3,6-7,12,14,17-24,29-30,33,35-39H,4-5,8H2,(H5,34,40,41,42,43,44,45,46,47)/t12-,14-,17-,18-,19+,20+,21+,22+,23+,24-,29+,30-/m1/s1. The van der Waals surface area contributed by atoms with Gasteiger partial charge in [0.2, 0.25) is 18.0 Å². The molecule has 1 aromatic rings. The third-order valence-electron chi connectivity index (χ3n) is 8.71. The van der Waals surface area contributed by atoms with Gasteiger partial charge < -0.3 is 85.2 Å². The zero-order chi connectivity index (χ0) is 37.5. The number of carbonyl (C=O) groups is 4. The lowest BCUT2D eigenvalue weighted by molar-refractivity contribution is -0.475. The summed E-state index contributed by atoms with van der Waals surface area (Å²) in [7, 11) is 0. The van der Waals surface area contributed by atoms with Crippen molar-refractivity contribution >= 4 is 35.8 Å². The van der Waals surface area contributed by atoms with E-state index in [9.17, 15) is 75.3 Å². The van der Waals surface area contributed by atoms with E-state index in [4.69, 9.17) is 18.9 Å². The van der Waals surface area contributed by atoms with Gasteiger partial charge in [-0.2, -0.15) is 4.58 Å². The number of nitrogens with zero attached hydrogens (tertiary/aromatic N) is 1. The van der Waals surface area contributed by atoms with Crippen molar-refractivity contribution in [3.8, 4) is 11.5 Å². The van der Waals surface area contributed by atoms with Crippen LogP contribution in [0, 0.1) is 0 Å². The summed E-state index contributed by atoms with van der Waals surface area (Å²) < 4.78 is 23.1. The van der Waals surface area contributed by atoms with Crippen molar-refractivity contribution in [3.05, 3.63) is 41.1 Å². The second-order valence-corrected chi connectivity index (χ2v) is 12.0. The molecule has 12 atom stereocenters. The number of benzene rings is 1. The van der Waals surface area contributed by atoms with Crippen LogP contribution in [0.1, 0.15) is 12.0 Å². The molecule has 4 aliphatic heterocycles. The smallest absolute Gasteiger partial charge is 0.351 e. The molecule has 21 heteroatoms. The second-order valence-electron chi connectivity index (χ2n) is 12.0. The summed E-state index contributed by atoms with van der Waals surface area (Å²) in [6.07, 6.45) is -16.2. The third kappa shape index (κ3) is 7.51. The van der Waals surface area contributed by atoms with E-state index in [2.05, 4.69) is 5.32 Å². The van der Waals surface area contributed by atoms with Crippen molar-refractivity contribution in [1.82, 2.24) is 5.32 Å². The molecule has 4 heterocycles. The first-order chi connectivity index (χ1) is 24.0. The highest BCUT2D eigenvalue weighted by Crippen LogP contribution is 2.41. The topological polar surface area (TPSA) is 346 Å². The van der Waals surface area contributed by atoms with Crippen molar-refractivity contribution in [2.75, 3.05) is 6.61 Å². The molecule has 2 saturated heterocycles. The molecule has 0 spiro atoms. The number of carboxylic acid groups (broad SMARTS) is 4. The van der Waals surface area contributed by atoms with E-state index >= 15 is 0 Å². The summed E-state index contributed by atoms with van der Waals surface area (Å²) in [6, 6.07) is -0.387. The maximum absolute atomic E-state index is 12.1. The molecular formula is C30H34N2O19. The summed E-state index contributed by atoms with van der Waals surface area (Å²) in [6.45, 7) is -0.866. The van der Waals surface area contributed by atoms with E-state index in [-0.39, 0.29) is 29.7 Å². The molecule has 0 amide bonds. The van der Waals surface area contributed by atoms with E-state index in [1.807, 2.05) is 0 Å². The molecule has 0 saturated carbocycles. The molecule has 0 bridgehead atoms. The first-order valence-corrected chi connectivity index (χ1v) is 15.2. The van der Waals surface area contributed by atoms with Gasteiger partial charge in [-0.1, -0.05) is 0 Å². The summed E-state index contributed by atoms with van der Waals surface area (Å²) in [5.74, 6) is -7.10. The van der Waals surface area contributed by atoms with Crippen LogP contribution in [0.5, 0.6) is 11.5 Å². The highest BCUT2D eigenvalue weighted by Gasteiger charge is 2.53. The summed E-state index contributed by atoms with van der Waals surface area (Å²) in [4.78, 5) is 46.7. The van der Waals surface area contributed by atoms with Crippen LogP contribution in [0.2, 0.25) is 0 Å². The van der Waals surface area contributed by atoms with Crippen LogP contribution in [-0.2, 0) is 39.8 Å². The number of carboxylic acids is 4. The molecule has 278 valence electrons. The van der Waals surface area contributed by atoms with Gasteiger partial charge in [0, 0.05) is 24.5 Å². The third-order valence-corrected chi connectivity index (χ3v) is 8.71. The predicted octanol–water partition coefficient (Wildman–Crippen LogP) is -5.78. The number of aliphatic carboxylic acids is 4. The summed E-state index contributed by atoms with van der Waals surface area (Å²) in [5, 5.41) is 115. The van der Waals surface area contributed by atoms with Crippen molar-refractivity contribution in [3.63, 3.8) is 0 Å². The molecule has 4 aliphatic rings. The molecule has 21 nitrogen and oxygen atoms in total. The molecule has 0 radical (unpaired) electrons. The van der Waals surface area contributed by atoms with Crippen molar-refractivity contribution in [2.45, 2.75) is 86.3 Å². The molecule has 1 aromatic carbocycles. The van der Waals surface area contributed by atoms with Crippen molar-refractivity contribution in [1.29, 1.82) is 0 Å². The number of aromatic hydroxyl groups is 1. The summed E-state index contributed by atoms with van der Waals surface area (Å²) in [5.41, 5.74) is 0.169. The van der Waals surface area contributed by atoms with Crippen LogP contribution < -0.4 is 15.2 Å². The Balaban J connectivity index is 1.46. The number of phenolic OH excluding ortho intramolecular Hbond substituents is 1. The SMILES string of the molecule is O=C(O)C1=C/C(=C\C=[N+]2c3cc(O)c(O[C@@H]4O[C@H](CO)[C@@H](O)[C@H](O)[C@H]4O[C@@H]4O[C@H](C(=O)O)[C@@H](O)[C@H](O)[C@@H]4O)cc3C[C@@H]2C(=O)[O-])C[C@H](C(=O)O)N1. The van der Waals surface area contributed by atoms with Crippen LogP contribution in [0.15, 0.2) is 35.6 Å². The van der Waals surface area contributed by atoms with E-state index in [1.54, 1.807) is 0 Å². The molecule has 0 aliphatic carbocycles. The van der Waals surface area contributed by atoms with Crippen molar-refractivity contribution < 1.29 is 98.9 Å². The number of rotatable bonds is 10. The van der Waals surface area contributed by atoms with Crippen LogP contribution in [0.25, 0.3) is 0 Å². The quantitative estimate of drug-likeness (QED) is 0.100. The zero-order valence-electron chi connectivity index (χ0n) is 26.0. The number of phenols is 1. The van der Waals surface area contributed by atoms with Gasteiger partial charge in [-0.25, -0.2) is 14.4 Å². The number of allylic oxidation sites excluding steroid dienone is 2. The van der Waals surface area contributed by atoms with Crippen LogP contribution in [0.4, 0.5) is 5.69 Å². The maximum Gasteiger partial charge on any atom is 0.351 e. The fraction of sp³-hybridized carbons (Fsp3) is 0.500. The van der Waals surface area contributed by atoms with Gasteiger partial charge in [-0.05, 0) is 17.7 Å². The van der Waals surface area contributed by atoms with Gasteiger partial charge in [0.05, 0.1) is 12.7 Å². The molecule has 0 aromatic heterocycles. The van der Waals surface area contributed by atoms with E-state index < -0.39 is 121 Å². The first kappa shape index (κ1) is 37.5. The van der Waals surface area contributed by atoms with E-state index in [0.717, 1.165) is 6.07 Å². The van der Waals surface area contributed by atoms with Gasteiger partial charge in [-0.15, -0.1) is 0 Å². The van der Waals surface area contributed by atoms with Gasteiger partial charge in [0.15, 0.2) is 36.2 Å². The fourth-order valence-corrected chi connectivity index (χ4v) is 6.02. The number of aliphatic hydroxyl groups is 6. The fourth-order valence-electron chi connectivity index (χ4n) is 6.02. The molecule has 11 N–H and O–H groups in total. The zero-order valence-corrected chi connectivity index (χ0v) is 26.0. The van der Waals surface area contributed by atoms with E-state index in [0.29, 0.717) is 0 Å². The summed E-state index contributed by atoms with van der Waals surface area (Å²) >= 11 is 0. The molecule has 51 heavy (non-hydrogen) atoms. The normalized spacial score (nSPS) is 36.5. The Hall–Kier alpha value is -4.71. The minimum absolute atomic E-state index is 0.115. The maximum atomic E-state index is 12.1. The Morgan fingerprint density at radius 1 is 0.922 bits per heavy atom. The number of ether oxygens (including phenoxy) is 4. The van der Waals surface area contributed by atoms with E-state index in [1.165, 1.54) is 29.0 Å². The van der Waals surface area contributed by atoms with Crippen LogP contribution in [0.3, 0.4) is 0 Å². The second kappa shape index (κ2) is 14.9. The Morgan fingerprint density at radius 3 is 2.24 bits per heavy atom. The van der Waals surface area contributed by atoms with Crippen molar-refractivity contribution in [2.24, 2.45) is 0 Å². The molecule has 0 unspecified atom stereocenters. The highest BCUT2D eigenvalue weighted by atomic mass is 16.8. The van der Waals surface area contributed by atoms with Gasteiger partial charge in [0.1, 0.15) is 54.3 Å². The lowest BCUT2D eigenvalue weighted by Crippen LogP contribution is -2.65. The van der Waals surface area contributed by atoms with Gasteiger partial charge >= 0.3 is 17.9 Å². The van der Waals surface area contributed by atoms with Crippen LogP contribution >= 0.6 is 0 Å². The number of carbonyl (C=O) groups excluding carboxylic acids is 1. The Kier molecular flexibility index (Phi) is 10.9. The monoisotopic (exact) mass is 726 g/mol. The molecule has 2 fully saturated rings. The number of aliphatic hydroxyl groups excluding tert-OH is 6. The number of fused-ring (bicyclic) bond motifs is 1. The largest absolute Gasteiger partial charge is 0.543 e. The van der Waals surface area contributed by atoms with Crippen LogP contribution in [-0.4, -0.2) is 166 Å². The molecular weight excluding hydrogens is 692 g/mol. The minimum atomic E-state index is -2.10. The lowest BCUT2D eigenvalue weighted by Gasteiger charge is -2.45. The number of nitrogens with one attached hydrogen (secondary N) is 1. The lowest BCUT2D eigenvalue weighted by atomic mass is 9.97. The average molecular weight is 727 g/mol. The van der Waals surface area contributed by atoms with Gasteiger partial charge in [0.25, 0.3) is 0 Å². The Morgan fingerprint density at radius 2 is 1.63 bits per heavy atom. The molecule has 5 rings (SSSR count). The average Bonchev–Trinajstić information content (AvgIpc) is 3.43. The highest BCUT2D eigenvalue weighted by molar-refractivity contribution is 5.89. The Labute approximate surface area is 285 Å².